The summed E-state index contributed by atoms with van der Waals surface area (Å²) in [5.41, 5.74) is 1.68. The number of carbonyl (C=O) groups excluding carboxylic acids is 1. The second kappa shape index (κ2) is 5.49. The first kappa shape index (κ1) is 12.9. The normalized spacial score (nSPS) is 20.6. The highest BCUT2D eigenvalue weighted by Gasteiger charge is 2.33. The number of nitrogens with zero attached hydrogens (tertiary/aromatic N) is 2. The topological polar surface area (TPSA) is 44.1 Å². The molecule has 2 aromatic rings. The highest BCUT2D eigenvalue weighted by molar-refractivity contribution is 5.88. The van der Waals surface area contributed by atoms with Crippen molar-refractivity contribution in [1.82, 2.24) is 9.78 Å². The van der Waals surface area contributed by atoms with Gasteiger partial charge in [0.25, 0.3) is 0 Å². The minimum Gasteiger partial charge on any atom is -0.462 e. The second-order valence-electron chi connectivity index (χ2n) is 5.48. The van der Waals surface area contributed by atoms with Crippen LogP contribution in [0.3, 0.4) is 0 Å². The molecule has 3 rings (SSSR count). The summed E-state index contributed by atoms with van der Waals surface area (Å²) in [5, 5.41) is 4.21. The molecule has 1 aliphatic rings. The molecule has 2 atom stereocenters. The third-order valence-corrected chi connectivity index (χ3v) is 3.76. The first-order chi connectivity index (χ1) is 9.72. The zero-order chi connectivity index (χ0) is 13.9. The summed E-state index contributed by atoms with van der Waals surface area (Å²) in [7, 11) is 0. The Morgan fingerprint density at radius 3 is 2.85 bits per heavy atom. The lowest BCUT2D eigenvalue weighted by Gasteiger charge is -2.02. The smallest absolute Gasteiger partial charge is 0.341 e. The fourth-order valence-electron chi connectivity index (χ4n) is 2.22. The molecule has 1 aliphatic carbocycles. The van der Waals surface area contributed by atoms with Crippen LogP contribution in [-0.4, -0.2) is 22.4 Å². The van der Waals surface area contributed by atoms with Gasteiger partial charge in [0, 0.05) is 6.20 Å². The Morgan fingerprint density at radius 1 is 1.40 bits per heavy atom. The molecule has 4 nitrogen and oxygen atoms in total. The number of hydrogen-bond donors (Lipinski definition) is 0. The van der Waals surface area contributed by atoms with Crippen LogP contribution in [0.4, 0.5) is 0 Å². The van der Waals surface area contributed by atoms with Gasteiger partial charge in [0.2, 0.25) is 0 Å². The molecule has 0 radical (unpaired) electrons. The van der Waals surface area contributed by atoms with Crippen LogP contribution in [0.25, 0.3) is 0 Å². The Balaban J connectivity index is 1.57. The van der Waals surface area contributed by atoms with Gasteiger partial charge in [0.05, 0.1) is 24.9 Å². The van der Waals surface area contributed by atoms with Crippen molar-refractivity contribution in [3.63, 3.8) is 0 Å². The Kier molecular flexibility index (Phi) is 3.54. The fraction of sp³-hybridized carbons (Fsp3) is 0.375. The van der Waals surface area contributed by atoms with Gasteiger partial charge in [-0.1, -0.05) is 37.3 Å². The molecule has 0 saturated heterocycles. The van der Waals surface area contributed by atoms with Crippen LogP contribution in [0.15, 0.2) is 42.7 Å². The van der Waals surface area contributed by atoms with Crippen LogP contribution < -0.4 is 0 Å². The maximum absolute atomic E-state index is 11.9. The van der Waals surface area contributed by atoms with Crippen molar-refractivity contribution in [2.45, 2.75) is 19.9 Å². The van der Waals surface area contributed by atoms with E-state index in [1.54, 1.807) is 17.1 Å². The molecule has 20 heavy (non-hydrogen) atoms. The summed E-state index contributed by atoms with van der Waals surface area (Å²) < 4.78 is 7.05. The van der Waals surface area contributed by atoms with E-state index < -0.39 is 0 Å². The van der Waals surface area contributed by atoms with Crippen molar-refractivity contribution in [1.29, 1.82) is 0 Å². The molecule has 0 N–H and O–H groups in total. The maximum atomic E-state index is 11.9. The summed E-state index contributed by atoms with van der Waals surface area (Å²) in [6.07, 6.45) is 4.48. The van der Waals surface area contributed by atoms with E-state index in [1.807, 2.05) is 30.3 Å². The van der Waals surface area contributed by atoms with Crippen molar-refractivity contribution in [3.05, 3.63) is 53.9 Å². The summed E-state index contributed by atoms with van der Waals surface area (Å²) in [6, 6.07) is 10.0. The van der Waals surface area contributed by atoms with Gasteiger partial charge in [0.15, 0.2) is 0 Å². The van der Waals surface area contributed by atoms with Crippen molar-refractivity contribution in [2.24, 2.45) is 11.8 Å². The molecule has 0 aliphatic heterocycles. The molecule has 1 fully saturated rings. The van der Waals surface area contributed by atoms with Gasteiger partial charge in [-0.25, -0.2) is 4.79 Å². The monoisotopic (exact) mass is 270 g/mol. The Hall–Kier alpha value is -2.10. The van der Waals surface area contributed by atoms with E-state index in [1.165, 1.54) is 6.42 Å². The molecule has 1 heterocycles. The summed E-state index contributed by atoms with van der Waals surface area (Å²) in [4.78, 5) is 11.9. The number of ether oxygens (including phenoxy) is 1. The molecule has 0 spiro atoms. The van der Waals surface area contributed by atoms with Crippen LogP contribution in [-0.2, 0) is 11.3 Å². The number of benzene rings is 1. The zero-order valence-electron chi connectivity index (χ0n) is 11.5. The molecule has 104 valence electrons. The van der Waals surface area contributed by atoms with Crippen molar-refractivity contribution in [2.75, 3.05) is 6.61 Å². The van der Waals surface area contributed by atoms with E-state index >= 15 is 0 Å². The number of aromatic nitrogens is 2. The molecule has 1 aromatic heterocycles. The van der Waals surface area contributed by atoms with Gasteiger partial charge in [-0.2, -0.15) is 5.10 Å². The van der Waals surface area contributed by atoms with E-state index in [0.29, 0.717) is 30.6 Å². The van der Waals surface area contributed by atoms with Gasteiger partial charge in [-0.15, -0.1) is 0 Å². The van der Waals surface area contributed by atoms with Gasteiger partial charge in [-0.05, 0) is 23.8 Å². The predicted molar refractivity (Wildman–Crippen MR) is 75.3 cm³/mol. The average molecular weight is 270 g/mol. The van der Waals surface area contributed by atoms with Gasteiger partial charge >= 0.3 is 5.97 Å². The van der Waals surface area contributed by atoms with Crippen molar-refractivity contribution < 1.29 is 9.53 Å². The lowest BCUT2D eigenvalue weighted by atomic mass is 10.2. The number of esters is 1. The minimum absolute atomic E-state index is 0.275. The van der Waals surface area contributed by atoms with E-state index in [-0.39, 0.29) is 5.97 Å². The Morgan fingerprint density at radius 2 is 2.15 bits per heavy atom. The average Bonchev–Trinajstić information content (AvgIpc) is 2.97. The molecule has 0 bridgehead atoms. The first-order valence-electron chi connectivity index (χ1n) is 6.96. The number of rotatable bonds is 5. The largest absolute Gasteiger partial charge is 0.462 e. The van der Waals surface area contributed by atoms with E-state index in [0.717, 1.165) is 5.56 Å². The van der Waals surface area contributed by atoms with Crippen LogP contribution >= 0.6 is 0 Å². The lowest BCUT2D eigenvalue weighted by molar-refractivity contribution is 0.0481. The van der Waals surface area contributed by atoms with Gasteiger partial charge in [-0.3, -0.25) is 4.68 Å². The standard InChI is InChI=1S/C16H18N2O2/c1-12-7-14(12)11-20-16(19)15-8-17-18(10-15)9-13-5-3-2-4-6-13/h2-6,8,10,12,14H,7,9,11H2,1H3/t12-,14-/m1/s1. The third kappa shape index (κ3) is 3.07. The van der Waals surface area contributed by atoms with Crippen LogP contribution in [0.2, 0.25) is 0 Å². The Labute approximate surface area is 118 Å². The maximum Gasteiger partial charge on any atom is 0.341 e. The molecule has 0 amide bonds. The van der Waals surface area contributed by atoms with Gasteiger partial charge in [0.1, 0.15) is 0 Å². The van der Waals surface area contributed by atoms with E-state index in [9.17, 15) is 4.79 Å². The summed E-state index contributed by atoms with van der Waals surface area (Å²) in [5.74, 6) is 0.977. The molecular formula is C16H18N2O2. The molecular weight excluding hydrogens is 252 g/mol. The molecule has 4 heteroatoms. The zero-order valence-corrected chi connectivity index (χ0v) is 11.5. The summed E-state index contributed by atoms with van der Waals surface area (Å²) >= 11 is 0. The minimum atomic E-state index is -0.275. The molecule has 0 unspecified atom stereocenters. The van der Waals surface area contributed by atoms with Crippen molar-refractivity contribution >= 4 is 5.97 Å². The third-order valence-electron chi connectivity index (χ3n) is 3.76. The summed E-state index contributed by atoms with van der Waals surface area (Å²) in [6.45, 7) is 3.37. The fourth-order valence-corrected chi connectivity index (χ4v) is 2.22. The Bertz CT molecular complexity index is 592. The lowest BCUT2D eigenvalue weighted by Crippen LogP contribution is -2.07. The molecule has 1 aromatic carbocycles. The SMILES string of the molecule is C[C@@H]1C[C@@H]1COC(=O)c1cnn(Cc2ccccc2)c1. The van der Waals surface area contributed by atoms with Gasteiger partial charge < -0.3 is 4.74 Å². The van der Waals surface area contributed by atoms with Crippen LogP contribution in [0, 0.1) is 11.8 Å². The number of carbonyl (C=O) groups is 1. The first-order valence-corrected chi connectivity index (χ1v) is 6.96. The highest BCUT2D eigenvalue weighted by atomic mass is 16.5. The van der Waals surface area contributed by atoms with E-state index in [2.05, 4.69) is 12.0 Å². The van der Waals surface area contributed by atoms with E-state index in [4.69, 9.17) is 4.74 Å². The van der Waals surface area contributed by atoms with Crippen LogP contribution in [0.5, 0.6) is 0 Å². The number of hydrogen-bond acceptors (Lipinski definition) is 3. The molecule has 1 saturated carbocycles. The highest BCUT2D eigenvalue weighted by Crippen LogP contribution is 2.37. The quantitative estimate of drug-likeness (QED) is 0.785. The van der Waals surface area contributed by atoms with Crippen LogP contribution in [0.1, 0.15) is 29.3 Å². The second-order valence-corrected chi connectivity index (χ2v) is 5.48. The predicted octanol–water partition coefficient (Wildman–Crippen LogP) is 2.74. The van der Waals surface area contributed by atoms with Crippen molar-refractivity contribution in [3.8, 4) is 0 Å².